The van der Waals surface area contributed by atoms with E-state index in [-0.39, 0.29) is 12.2 Å². The zero-order valence-corrected chi connectivity index (χ0v) is 23.9. The summed E-state index contributed by atoms with van der Waals surface area (Å²) in [5, 5.41) is 23.6. The largest absolute Gasteiger partial charge is 0.396 e. The van der Waals surface area contributed by atoms with Gasteiger partial charge in [-0.05, 0) is 50.7 Å². The molecule has 0 bridgehead atoms. The van der Waals surface area contributed by atoms with E-state index in [4.69, 9.17) is 5.73 Å². The van der Waals surface area contributed by atoms with Gasteiger partial charge in [0, 0.05) is 24.3 Å². The van der Waals surface area contributed by atoms with Crippen LogP contribution in [0.25, 0.3) is 28.2 Å². The Balaban J connectivity index is 2.17. The smallest absolute Gasteiger partial charge is 0.262 e. The minimum atomic E-state index is -0.428. The van der Waals surface area contributed by atoms with Gasteiger partial charge >= 0.3 is 0 Å². The molecule has 0 aliphatic carbocycles. The molecule has 2 aromatic heterocycles. The summed E-state index contributed by atoms with van der Waals surface area (Å²) in [6, 6.07) is 10.1. The SMILES string of the molecule is CCCC(CC)CC(C)(CC)NC(=O)/C(C#N)=C/c1c(-c2ccc(C)cc2)c2c(N)ncnc2n1CCCO. The van der Waals surface area contributed by atoms with E-state index < -0.39 is 11.4 Å². The average molecular weight is 531 g/mol. The van der Waals surface area contributed by atoms with E-state index in [0.717, 1.165) is 48.8 Å². The summed E-state index contributed by atoms with van der Waals surface area (Å²) in [5.41, 5.74) is 9.92. The van der Waals surface area contributed by atoms with Gasteiger partial charge in [0.2, 0.25) is 0 Å². The first-order valence-corrected chi connectivity index (χ1v) is 14.0. The molecule has 1 amide bonds. The van der Waals surface area contributed by atoms with Crippen LogP contribution in [-0.2, 0) is 11.3 Å². The Morgan fingerprint density at radius 2 is 1.97 bits per heavy atom. The summed E-state index contributed by atoms with van der Waals surface area (Å²) in [6.07, 6.45) is 8.38. The number of nitrogens with zero attached hydrogens (tertiary/aromatic N) is 4. The third-order valence-corrected chi connectivity index (χ3v) is 7.64. The van der Waals surface area contributed by atoms with Crippen LogP contribution in [0.5, 0.6) is 0 Å². The first-order chi connectivity index (χ1) is 18.7. The number of nitrogens with one attached hydrogen (secondary N) is 1. The van der Waals surface area contributed by atoms with Crippen LogP contribution in [0.1, 0.15) is 77.5 Å². The number of aryl methyl sites for hydroxylation is 2. The average Bonchev–Trinajstić information content (AvgIpc) is 3.24. The molecule has 0 spiro atoms. The molecule has 0 saturated carbocycles. The van der Waals surface area contributed by atoms with Crippen molar-refractivity contribution in [2.45, 2.75) is 85.2 Å². The van der Waals surface area contributed by atoms with Crippen molar-refractivity contribution in [3.63, 3.8) is 0 Å². The van der Waals surface area contributed by atoms with Gasteiger partial charge in [-0.25, -0.2) is 9.97 Å². The van der Waals surface area contributed by atoms with Crippen LogP contribution in [0.15, 0.2) is 36.2 Å². The number of aromatic nitrogens is 3. The van der Waals surface area contributed by atoms with E-state index in [9.17, 15) is 15.2 Å². The van der Waals surface area contributed by atoms with Crippen LogP contribution in [0.4, 0.5) is 5.82 Å². The lowest BCUT2D eigenvalue weighted by Gasteiger charge is -2.33. The summed E-state index contributed by atoms with van der Waals surface area (Å²) in [7, 11) is 0. The van der Waals surface area contributed by atoms with E-state index in [1.165, 1.54) is 6.33 Å². The number of fused-ring (bicyclic) bond motifs is 1. The van der Waals surface area contributed by atoms with E-state index in [1.807, 2.05) is 35.8 Å². The number of aliphatic hydroxyl groups is 1. The van der Waals surface area contributed by atoms with Gasteiger partial charge in [0.1, 0.15) is 29.4 Å². The number of rotatable bonds is 13. The molecule has 2 heterocycles. The van der Waals surface area contributed by atoms with Crippen molar-refractivity contribution in [3.05, 3.63) is 47.4 Å². The van der Waals surface area contributed by atoms with E-state index >= 15 is 0 Å². The molecule has 208 valence electrons. The normalized spacial score (nSPS) is 14.1. The number of nitriles is 1. The summed E-state index contributed by atoms with van der Waals surface area (Å²) in [6.45, 7) is 10.9. The van der Waals surface area contributed by atoms with Crippen molar-refractivity contribution < 1.29 is 9.90 Å². The summed E-state index contributed by atoms with van der Waals surface area (Å²) >= 11 is 0. The summed E-state index contributed by atoms with van der Waals surface area (Å²) < 4.78 is 1.91. The van der Waals surface area contributed by atoms with Gasteiger partial charge in [0.25, 0.3) is 5.91 Å². The zero-order chi connectivity index (χ0) is 28.6. The lowest BCUT2D eigenvalue weighted by Crippen LogP contribution is -2.47. The molecule has 3 rings (SSSR count). The Morgan fingerprint density at radius 1 is 1.26 bits per heavy atom. The molecule has 8 heteroatoms. The molecule has 2 unspecified atom stereocenters. The number of hydrogen-bond donors (Lipinski definition) is 3. The van der Waals surface area contributed by atoms with Crippen molar-refractivity contribution in [2.75, 3.05) is 12.3 Å². The highest BCUT2D eigenvalue weighted by atomic mass is 16.3. The number of amides is 1. The molecule has 2 atom stereocenters. The van der Waals surface area contributed by atoms with Gasteiger partial charge in [-0.3, -0.25) is 4.79 Å². The quantitative estimate of drug-likeness (QED) is 0.190. The molecule has 1 aromatic carbocycles. The number of anilines is 1. The second kappa shape index (κ2) is 13.4. The highest BCUT2D eigenvalue weighted by molar-refractivity contribution is 6.08. The van der Waals surface area contributed by atoms with Gasteiger partial charge < -0.3 is 20.7 Å². The Morgan fingerprint density at radius 3 is 2.56 bits per heavy atom. The zero-order valence-electron chi connectivity index (χ0n) is 23.9. The van der Waals surface area contributed by atoms with Crippen LogP contribution >= 0.6 is 0 Å². The Bertz CT molecular complexity index is 1350. The maximum atomic E-state index is 13.6. The maximum Gasteiger partial charge on any atom is 0.262 e. The van der Waals surface area contributed by atoms with E-state index in [2.05, 4.69) is 49.0 Å². The van der Waals surface area contributed by atoms with Gasteiger partial charge in [-0.2, -0.15) is 5.26 Å². The Labute approximate surface area is 232 Å². The van der Waals surface area contributed by atoms with Crippen molar-refractivity contribution >= 4 is 28.8 Å². The fourth-order valence-corrected chi connectivity index (χ4v) is 5.24. The molecule has 0 aliphatic heterocycles. The summed E-state index contributed by atoms with van der Waals surface area (Å²) in [4.78, 5) is 22.3. The number of hydrogen-bond acceptors (Lipinski definition) is 6. The number of benzene rings is 1. The molecule has 4 N–H and O–H groups in total. The van der Waals surface area contributed by atoms with Crippen LogP contribution in [0.3, 0.4) is 0 Å². The number of carbonyl (C=O) groups excluding carboxylic acids is 1. The second-order valence-electron chi connectivity index (χ2n) is 10.6. The third-order valence-electron chi connectivity index (χ3n) is 7.64. The lowest BCUT2D eigenvalue weighted by molar-refractivity contribution is -0.119. The van der Waals surface area contributed by atoms with E-state index in [0.29, 0.717) is 41.4 Å². The Hall–Kier alpha value is -3.70. The van der Waals surface area contributed by atoms with Crippen LogP contribution in [0.2, 0.25) is 0 Å². The Kier molecular flexibility index (Phi) is 10.2. The monoisotopic (exact) mass is 530 g/mol. The predicted octanol–water partition coefficient (Wildman–Crippen LogP) is 5.78. The topological polar surface area (TPSA) is 130 Å². The standard InChI is InChI=1S/C31H42N6O2/c1-6-10-22(7-2)18-31(5,8-3)36-30(39)24(19-32)17-25-26(23-13-11-21(4)12-14-23)27-28(33)34-20-35-29(27)37(25)15-9-16-38/h11-14,17,20,22,38H,6-10,15-16,18H2,1-5H3,(H,36,39)(H2,33,34,35)/b24-17+. The molecule has 0 radical (unpaired) electrons. The van der Waals surface area contributed by atoms with Crippen LogP contribution in [-0.4, -0.2) is 37.7 Å². The highest BCUT2D eigenvalue weighted by Gasteiger charge is 2.29. The van der Waals surface area contributed by atoms with Crippen LogP contribution < -0.4 is 11.1 Å². The fourth-order valence-electron chi connectivity index (χ4n) is 5.24. The van der Waals surface area contributed by atoms with E-state index in [1.54, 1.807) is 6.08 Å². The number of nitrogen functional groups attached to an aromatic ring is 1. The van der Waals surface area contributed by atoms with Crippen LogP contribution in [0, 0.1) is 24.2 Å². The molecule has 3 aromatic rings. The minimum absolute atomic E-state index is 0.00571. The molecular formula is C31H42N6O2. The van der Waals surface area contributed by atoms with Gasteiger partial charge in [0.15, 0.2) is 0 Å². The first kappa shape index (κ1) is 29.9. The number of carbonyl (C=O) groups is 1. The van der Waals surface area contributed by atoms with Gasteiger partial charge in [0.05, 0.1) is 11.1 Å². The first-order valence-electron chi connectivity index (χ1n) is 14.0. The van der Waals surface area contributed by atoms with Crippen molar-refractivity contribution in [1.82, 2.24) is 19.9 Å². The third kappa shape index (κ3) is 6.85. The lowest BCUT2D eigenvalue weighted by atomic mass is 9.83. The second-order valence-corrected chi connectivity index (χ2v) is 10.6. The molecular weight excluding hydrogens is 488 g/mol. The highest BCUT2D eigenvalue weighted by Crippen LogP contribution is 2.38. The summed E-state index contributed by atoms with van der Waals surface area (Å²) in [5.74, 6) is 0.419. The minimum Gasteiger partial charge on any atom is -0.396 e. The van der Waals surface area contributed by atoms with Crippen molar-refractivity contribution in [2.24, 2.45) is 5.92 Å². The molecule has 39 heavy (non-hydrogen) atoms. The number of aliphatic hydroxyl groups excluding tert-OH is 1. The molecule has 8 nitrogen and oxygen atoms in total. The van der Waals surface area contributed by atoms with Crippen molar-refractivity contribution in [3.8, 4) is 17.2 Å². The predicted molar refractivity (Wildman–Crippen MR) is 158 cm³/mol. The van der Waals surface area contributed by atoms with Gasteiger partial charge in [-0.1, -0.05) is 69.9 Å². The fraction of sp³-hybridized carbons (Fsp3) is 0.484. The molecule has 0 saturated heterocycles. The molecule has 0 fully saturated rings. The maximum absolute atomic E-state index is 13.6. The molecule has 0 aliphatic rings. The van der Waals surface area contributed by atoms with Crippen molar-refractivity contribution in [1.29, 1.82) is 5.26 Å². The van der Waals surface area contributed by atoms with Gasteiger partial charge in [-0.15, -0.1) is 0 Å². The number of nitrogens with two attached hydrogens (primary N) is 1.